The van der Waals surface area contributed by atoms with Gasteiger partial charge < -0.3 is 25.3 Å². The van der Waals surface area contributed by atoms with E-state index in [0.29, 0.717) is 12.1 Å². The number of aromatic nitrogens is 3. The second kappa shape index (κ2) is 8.91. The first-order chi connectivity index (χ1) is 14.5. The maximum absolute atomic E-state index is 13.5. The topological polar surface area (TPSA) is 141 Å². The highest BCUT2D eigenvalue weighted by atomic mass is 16.3. The third-order valence-electron chi connectivity index (χ3n) is 5.82. The molecule has 3 heterocycles. The van der Waals surface area contributed by atoms with Gasteiger partial charge in [-0.2, -0.15) is 0 Å². The van der Waals surface area contributed by atoms with Crippen molar-refractivity contribution in [2.45, 2.75) is 70.9 Å². The van der Waals surface area contributed by atoms with Crippen LogP contribution in [0.25, 0.3) is 0 Å². The number of nitrogens with one attached hydrogen (secondary N) is 1. The van der Waals surface area contributed by atoms with Crippen molar-refractivity contribution in [1.29, 1.82) is 0 Å². The molecule has 0 aromatic carbocycles. The van der Waals surface area contributed by atoms with Crippen LogP contribution in [-0.2, 0) is 20.9 Å². The lowest BCUT2D eigenvalue weighted by atomic mass is 9.85. The second-order valence-electron chi connectivity index (χ2n) is 9.44. The van der Waals surface area contributed by atoms with Gasteiger partial charge in [0.15, 0.2) is 0 Å². The zero-order valence-corrected chi connectivity index (χ0v) is 18.5. The first-order valence-electron chi connectivity index (χ1n) is 10.6. The van der Waals surface area contributed by atoms with Crippen molar-refractivity contribution in [1.82, 2.24) is 30.1 Å². The lowest BCUT2D eigenvalue weighted by Crippen LogP contribution is -2.49. The Balaban J connectivity index is 1.83. The van der Waals surface area contributed by atoms with Crippen LogP contribution in [0.1, 0.15) is 51.8 Å². The molecular formula is C20H32N6O5. The Hall–Kier alpha value is -2.53. The number of β-amino-alcohol motifs (C(OH)–C–C–N with tert-alkyl or cyclic N) is 2. The summed E-state index contributed by atoms with van der Waals surface area (Å²) in [6.07, 6.45) is 1.23. The van der Waals surface area contributed by atoms with Gasteiger partial charge in [-0.3, -0.25) is 14.4 Å². The Morgan fingerprint density at radius 2 is 1.97 bits per heavy atom. The molecule has 4 atom stereocenters. The van der Waals surface area contributed by atoms with Crippen LogP contribution in [0.5, 0.6) is 0 Å². The van der Waals surface area contributed by atoms with E-state index in [1.807, 2.05) is 20.8 Å². The molecule has 0 radical (unpaired) electrons. The van der Waals surface area contributed by atoms with E-state index < -0.39 is 29.7 Å². The number of rotatable bonds is 5. The molecule has 172 valence electrons. The molecule has 3 N–H and O–H groups in total. The van der Waals surface area contributed by atoms with Crippen LogP contribution in [0.2, 0.25) is 0 Å². The third-order valence-corrected chi connectivity index (χ3v) is 5.82. The minimum absolute atomic E-state index is 0.0530. The van der Waals surface area contributed by atoms with E-state index in [1.165, 1.54) is 21.5 Å². The number of aliphatic hydroxyl groups excluding tert-OH is 2. The van der Waals surface area contributed by atoms with Gasteiger partial charge in [0.05, 0.1) is 24.9 Å². The molecule has 11 nitrogen and oxygen atoms in total. The number of likely N-dealkylation sites (tertiary alicyclic amines) is 2. The van der Waals surface area contributed by atoms with Crippen molar-refractivity contribution in [3.8, 4) is 0 Å². The Bertz CT molecular complexity index is 834. The number of amides is 3. The van der Waals surface area contributed by atoms with Crippen LogP contribution in [0, 0.1) is 5.41 Å². The minimum atomic E-state index is -0.769. The summed E-state index contributed by atoms with van der Waals surface area (Å²) < 4.78 is 1.47. The van der Waals surface area contributed by atoms with Crippen molar-refractivity contribution in [2.75, 3.05) is 20.1 Å². The average molecular weight is 437 g/mol. The van der Waals surface area contributed by atoms with Gasteiger partial charge in [-0.15, -0.1) is 5.10 Å². The lowest BCUT2D eigenvalue weighted by Gasteiger charge is -2.34. The van der Waals surface area contributed by atoms with Crippen molar-refractivity contribution >= 4 is 17.7 Å². The molecule has 2 aliphatic rings. The van der Waals surface area contributed by atoms with Crippen LogP contribution in [0.3, 0.4) is 0 Å². The van der Waals surface area contributed by atoms with E-state index in [0.717, 1.165) is 0 Å². The summed E-state index contributed by atoms with van der Waals surface area (Å²) in [5.74, 6) is -0.694. The maximum atomic E-state index is 13.5. The molecule has 1 aromatic heterocycles. The van der Waals surface area contributed by atoms with E-state index >= 15 is 0 Å². The maximum Gasteiger partial charge on any atom is 0.248 e. The average Bonchev–Trinajstić information content (AvgIpc) is 3.29. The predicted molar refractivity (Wildman–Crippen MR) is 109 cm³/mol. The van der Waals surface area contributed by atoms with E-state index in [1.54, 1.807) is 6.20 Å². The lowest BCUT2D eigenvalue weighted by molar-refractivity contribution is -0.144. The molecule has 11 heteroatoms. The van der Waals surface area contributed by atoms with Gasteiger partial charge in [-0.05, 0) is 11.8 Å². The summed E-state index contributed by atoms with van der Waals surface area (Å²) in [7, 11) is 1.50. The van der Waals surface area contributed by atoms with Crippen LogP contribution < -0.4 is 5.32 Å². The summed E-state index contributed by atoms with van der Waals surface area (Å²) in [5.41, 5.74) is -0.0474. The molecule has 0 saturated carbocycles. The summed E-state index contributed by atoms with van der Waals surface area (Å²) in [5, 5.41) is 30.8. The van der Waals surface area contributed by atoms with Gasteiger partial charge >= 0.3 is 0 Å². The number of aliphatic hydroxyl groups is 2. The molecular weight excluding hydrogens is 404 g/mol. The van der Waals surface area contributed by atoms with Crippen molar-refractivity contribution in [3.05, 3.63) is 11.9 Å². The van der Waals surface area contributed by atoms with Crippen LogP contribution in [0.15, 0.2) is 6.20 Å². The summed E-state index contributed by atoms with van der Waals surface area (Å²) in [4.78, 5) is 40.8. The van der Waals surface area contributed by atoms with Crippen molar-refractivity contribution in [2.24, 2.45) is 5.41 Å². The largest absolute Gasteiger partial charge is 0.391 e. The van der Waals surface area contributed by atoms with Gasteiger partial charge in [-0.1, -0.05) is 26.0 Å². The molecule has 2 fully saturated rings. The number of nitrogens with zero attached hydrogens (tertiary/aromatic N) is 5. The van der Waals surface area contributed by atoms with Crippen molar-refractivity contribution < 1.29 is 24.6 Å². The van der Waals surface area contributed by atoms with E-state index in [-0.39, 0.29) is 50.2 Å². The Labute approximate surface area is 181 Å². The monoisotopic (exact) mass is 436 g/mol. The molecule has 2 aliphatic heterocycles. The standard InChI is InChI=1S/C20H32N6O5/c1-20(2,3)17(19(31)25-11-14(28)7-15(25)18(30)21-4)26-9-12(22-23-26)8-24-10-13(27)5-6-16(24)29/h9,13-15,17,27-28H,5-8,10-11H2,1-4H3,(H,21,30)/t13?,14-,15+,17+/m0/s1. The van der Waals surface area contributed by atoms with Gasteiger partial charge in [0.1, 0.15) is 17.8 Å². The zero-order chi connectivity index (χ0) is 22.9. The van der Waals surface area contributed by atoms with Gasteiger partial charge in [0.2, 0.25) is 17.7 Å². The molecule has 0 aliphatic carbocycles. The fraction of sp³-hybridized carbons (Fsp3) is 0.750. The van der Waals surface area contributed by atoms with E-state index in [9.17, 15) is 24.6 Å². The smallest absolute Gasteiger partial charge is 0.248 e. The number of piperidine rings is 1. The van der Waals surface area contributed by atoms with E-state index in [2.05, 4.69) is 15.6 Å². The summed E-state index contributed by atoms with van der Waals surface area (Å²) >= 11 is 0. The summed E-state index contributed by atoms with van der Waals surface area (Å²) in [6.45, 7) is 6.19. The Morgan fingerprint density at radius 1 is 1.26 bits per heavy atom. The van der Waals surface area contributed by atoms with Gasteiger partial charge in [0, 0.05) is 33.0 Å². The first-order valence-corrected chi connectivity index (χ1v) is 10.6. The number of likely N-dealkylation sites (N-methyl/N-ethyl adjacent to an activating group) is 1. The van der Waals surface area contributed by atoms with Gasteiger partial charge in [0.25, 0.3) is 0 Å². The SMILES string of the molecule is CNC(=O)[C@H]1C[C@H](O)CN1C(=O)[C@@H](n1cc(CN2CC(O)CCC2=O)nn1)C(C)(C)C. The number of carbonyl (C=O) groups excluding carboxylic acids is 3. The molecule has 1 aromatic rings. The second-order valence-corrected chi connectivity index (χ2v) is 9.44. The molecule has 0 spiro atoms. The quantitative estimate of drug-likeness (QED) is 0.541. The normalized spacial score (nSPS) is 25.6. The Morgan fingerprint density at radius 3 is 2.61 bits per heavy atom. The third kappa shape index (κ3) is 5.04. The van der Waals surface area contributed by atoms with E-state index in [4.69, 9.17) is 0 Å². The zero-order valence-electron chi connectivity index (χ0n) is 18.5. The first kappa shape index (κ1) is 23.1. The molecule has 3 rings (SSSR count). The number of hydrogen-bond donors (Lipinski definition) is 3. The molecule has 3 amide bonds. The molecule has 0 bridgehead atoms. The fourth-order valence-electron chi connectivity index (χ4n) is 4.27. The fourth-order valence-corrected chi connectivity index (χ4v) is 4.27. The highest BCUT2D eigenvalue weighted by molar-refractivity contribution is 5.90. The minimum Gasteiger partial charge on any atom is -0.391 e. The highest BCUT2D eigenvalue weighted by Crippen LogP contribution is 2.34. The summed E-state index contributed by atoms with van der Waals surface area (Å²) in [6, 6.07) is -1.50. The van der Waals surface area contributed by atoms with Crippen LogP contribution >= 0.6 is 0 Å². The van der Waals surface area contributed by atoms with Crippen LogP contribution in [0.4, 0.5) is 0 Å². The number of carbonyl (C=O) groups is 3. The van der Waals surface area contributed by atoms with Crippen LogP contribution in [-0.4, -0.2) is 91.1 Å². The molecule has 1 unspecified atom stereocenters. The van der Waals surface area contributed by atoms with Crippen molar-refractivity contribution in [3.63, 3.8) is 0 Å². The highest BCUT2D eigenvalue weighted by Gasteiger charge is 2.45. The number of hydrogen-bond acceptors (Lipinski definition) is 7. The van der Waals surface area contributed by atoms with Gasteiger partial charge in [-0.25, -0.2) is 4.68 Å². The Kier molecular flexibility index (Phi) is 6.65. The molecule has 2 saturated heterocycles. The molecule has 31 heavy (non-hydrogen) atoms. The predicted octanol–water partition coefficient (Wildman–Crippen LogP) is -0.944.